The lowest BCUT2D eigenvalue weighted by Gasteiger charge is -2.19. The molecule has 1 aromatic carbocycles. The molecule has 0 fully saturated rings. The van der Waals surface area contributed by atoms with Crippen molar-refractivity contribution in [1.29, 1.82) is 0 Å². The molecule has 1 aromatic rings. The van der Waals surface area contributed by atoms with Crippen molar-refractivity contribution in [1.82, 2.24) is 4.90 Å². The van der Waals surface area contributed by atoms with E-state index in [1.807, 2.05) is 6.92 Å². The molecule has 0 aromatic heterocycles. The number of hydrogen-bond acceptors (Lipinski definition) is 2. The zero-order valence-electron chi connectivity index (χ0n) is 8.91. The van der Waals surface area contributed by atoms with Crippen LogP contribution in [0.1, 0.15) is 17.3 Å². The predicted octanol–water partition coefficient (Wildman–Crippen LogP) is 2.04. The fraction of sp³-hybridized carbons (Fsp3) is 0.364. The largest absolute Gasteiger partial charge is 0.395 e. The Kier molecular flexibility index (Phi) is 4.89. The third kappa shape index (κ3) is 3.02. The average Bonchev–Trinajstić information content (AvgIpc) is 2.28. The van der Waals surface area contributed by atoms with Crippen molar-refractivity contribution in [3.63, 3.8) is 0 Å². The van der Waals surface area contributed by atoms with Crippen LogP contribution in [0.3, 0.4) is 0 Å². The minimum atomic E-state index is -0.467. The lowest BCUT2D eigenvalue weighted by Crippen LogP contribution is -2.33. The number of hydrogen-bond donors (Lipinski definition) is 1. The van der Waals surface area contributed by atoms with Gasteiger partial charge in [-0.05, 0) is 41.1 Å². The number of carbonyl (C=O) groups is 1. The Bertz CT molecular complexity index is 384. The van der Waals surface area contributed by atoms with Crippen molar-refractivity contribution in [2.75, 3.05) is 19.7 Å². The molecule has 0 saturated carbocycles. The molecule has 1 N–H and O–H groups in total. The zero-order chi connectivity index (χ0) is 12.1. The van der Waals surface area contributed by atoms with Crippen molar-refractivity contribution in [3.05, 3.63) is 34.1 Å². The molecular formula is C11H13BrFNO2. The molecule has 5 heteroatoms. The quantitative estimate of drug-likeness (QED) is 0.922. The summed E-state index contributed by atoms with van der Waals surface area (Å²) in [4.78, 5) is 13.3. The highest BCUT2D eigenvalue weighted by Crippen LogP contribution is 2.17. The van der Waals surface area contributed by atoms with Crippen molar-refractivity contribution < 1.29 is 14.3 Å². The first-order chi connectivity index (χ1) is 7.60. The Morgan fingerprint density at radius 1 is 1.56 bits per heavy atom. The summed E-state index contributed by atoms with van der Waals surface area (Å²) in [5.74, 6) is -0.742. The number of aliphatic hydroxyl groups is 1. The van der Waals surface area contributed by atoms with Gasteiger partial charge in [-0.3, -0.25) is 4.79 Å². The van der Waals surface area contributed by atoms with E-state index in [2.05, 4.69) is 15.9 Å². The van der Waals surface area contributed by atoms with Gasteiger partial charge in [0, 0.05) is 18.7 Å². The zero-order valence-corrected chi connectivity index (χ0v) is 10.5. The van der Waals surface area contributed by atoms with E-state index in [-0.39, 0.29) is 24.6 Å². The third-order valence-electron chi connectivity index (χ3n) is 2.21. The van der Waals surface area contributed by atoms with Gasteiger partial charge in [-0.25, -0.2) is 4.39 Å². The Hall–Kier alpha value is -0.940. The van der Waals surface area contributed by atoms with Crippen LogP contribution in [0.2, 0.25) is 0 Å². The van der Waals surface area contributed by atoms with Gasteiger partial charge in [0.15, 0.2) is 0 Å². The molecule has 3 nitrogen and oxygen atoms in total. The van der Waals surface area contributed by atoms with E-state index in [9.17, 15) is 9.18 Å². The third-order valence-corrected chi connectivity index (χ3v) is 2.85. The molecule has 16 heavy (non-hydrogen) atoms. The summed E-state index contributed by atoms with van der Waals surface area (Å²) in [7, 11) is 0. The number of halogens is 2. The fourth-order valence-electron chi connectivity index (χ4n) is 1.34. The van der Waals surface area contributed by atoms with E-state index in [1.54, 1.807) is 6.07 Å². The second-order valence-corrected chi connectivity index (χ2v) is 4.09. The predicted molar refractivity (Wildman–Crippen MR) is 62.8 cm³/mol. The molecular weight excluding hydrogens is 277 g/mol. The van der Waals surface area contributed by atoms with E-state index in [0.717, 1.165) is 0 Å². The lowest BCUT2D eigenvalue weighted by molar-refractivity contribution is 0.0731. The monoisotopic (exact) mass is 289 g/mol. The van der Waals surface area contributed by atoms with Crippen molar-refractivity contribution >= 4 is 21.8 Å². The summed E-state index contributed by atoms with van der Waals surface area (Å²) in [5, 5.41) is 8.79. The number of carbonyl (C=O) groups excluding carboxylic acids is 1. The highest BCUT2D eigenvalue weighted by molar-refractivity contribution is 9.10. The van der Waals surface area contributed by atoms with Crippen molar-refractivity contribution in [2.24, 2.45) is 0 Å². The van der Waals surface area contributed by atoms with E-state index in [4.69, 9.17) is 5.11 Å². The first-order valence-corrected chi connectivity index (χ1v) is 5.74. The maximum atomic E-state index is 13.2. The Labute approximate surface area is 102 Å². The Morgan fingerprint density at radius 3 is 2.75 bits per heavy atom. The number of benzene rings is 1. The fourth-order valence-corrected chi connectivity index (χ4v) is 1.58. The first kappa shape index (κ1) is 13.1. The number of amides is 1. The molecule has 1 rings (SSSR count). The van der Waals surface area contributed by atoms with Crippen LogP contribution in [0.25, 0.3) is 0 Å². The summed E-state index contributed by atoms with van der Waals surface area (Å²) in [5.41, 5.74) is 0.288. The van der Waals surface area contributed by atoms with Crippen LogP contribution in [0, 0.1) is 5.82 Å². The van der Waals surface area contributed by atoms with Gasteiger partial charge < -0.3 is 10.0 Å². The molecule has 0 heterocycles. The molecule has 0 aliphatic carbocycles. The van der Waals surface area contributed by atoms with Crippen LogP contribution in [-0.2, 0) is 0 Å². The Morgan fingerprint density at radius 2 is 2.25 bits per heavy atom. The SMILES string of the molecule is CCN(CCO)C(=O)c1ccc(Br)c(F)c1. The van der Waals surface area contributed by atoms with Gasteiger partial charge in [-0.2, -0.15) is 0 Å². The highest BCUT2D eigenvalue weighted by Gasteiger charge is 2.14. The summed E-state index contributed by atoms with van der Waals surface area (Å²) >= 11 is 3.02. The minimum absolute atomic E-state index is 0.0986. The molecule has 0 saturated heterocycles. The van der Waals surface area contributed by atoms with Gasteiger partial charge in [-0.1, -0.05) is 0 Å². The van der Waals surface area contributed by atoms with Gasteiger partial charge in [0.1, 0.15) is 5.82 Å². The van der Waals surface area contributed by atoms with Gasteiger partial charge in [0.2, 0.25) is 0 Å². The molecule has 88 valence electrons. The van der Waals surface area contributed by atoms with Crippen LogP contribution in [0.5, 0.6) is 0 Å². The number of nitrogens with zero attached hydrogens (tertiary/aromatic N) is 1. The lowest BCUT2D eigenvalue weighted by atomic mass is 10.2. The molecule has 0 aliphatic heterocycles. The number of aliphatic hydroxyl groups excluding tert-OH is 1. The summed E-state index contributed by atoms with van der Waals surface area (Å²) < 4.78 is 13.6. The smallest absolute Gasteiger partial charge is 0.254 e. The maximum absolute atomic E-state index is 13.2. The van der Waals surface area contributed by atoms with Crippen LogP contribution in [0.4, 0.5) is 4.39 Å². The number of rotatable bonds is 4. The molecule has 0 bridgehead atoms. The van der Waals surface area contributed by atoms with E-state index >= 15 is 0 Å². The molecule has 0 radical (unpaired) electrons. The first-order valence-electron chi connectivity index (χ1n) is 4.95. The maximum Gasteiger partial charge on any atom is 0.254 e. The van der Waals surface area contributed by atoms with E-state index in [1.165, 1.54) is 17.0 Å². The van der Waals surface area contributed by atoms with Crippen LogP contribution >= 0.6 is 15.9 Å². The van der Waals surface area contributed by atoms with E-state index < -0.39 is 5.82 Å². The van der Waals surface area contributed by atoms with Gasteiger partial charge in [0.05, 0.1) is 11.1 Å². The van der Waals surface area contributed by atoms with Crippen molar-refractivity contribution in [3.8, 4) is 0 Å². The van der Waals surface area contributed by atoms with Crippen LogP contribution in [0.15, 0.2) is 22.7 Å². The standard InChI is InChI=1S/C11H13BrFNO2/c1-2-14(5-6-15)11(16)8-3-4-9(12)10(13)7-8/h3-4,7,15H,2,5-6H2,1H3. The second-order valence-electron chi connectivity index (χ2n) is 3.24. The normalized spacial score (nSPS) is 10.2. The average molecular weight is 290 g/mol. The second kappa shape index (κ2) is 5.96. The van der Waals surface area contributed by atoms with Gasteiger partial charge >= 0.3 is 0 Å². The van der Waals surface area contributed by atoms with Crippen molar-refractivity contribution in [2.45, 2.75) is 6.92 Å². The molecule has 0 spiro atoms. The summed E-state index contributed by atoms with van der Waals surface area (Å²) in [6, 6.07) is 4.23. The molecule has 0 unspecified atom stereocenters. The van der Waals surface area contributed by atoms with Gasteiger partial charge in [-0.15, -0.1) is 0 Å². The molecule has 0 aliphatic rings. The number of likely N-dealkylation sites (N-methyl/N-ethyl adjacent to an activating group) is 1. The molecule has 0 atom stereocenters. The Balaban J connectivity index is 2.90. The molecule has 1 amide bonds. The van der Waals surface area contributed by atoms with Crippen LogP contribution < -0.4 is 0 Å². The highest BCUT2D eigenvalue weighted by atomic mass is 79.9. The van der Waals surface area contributed by atoms with Gasteiger partial charge in [0.25, 0.3) is 5.91 Å². The summed E-state index contributed by atoms with van der Waals surface area (Å²) in [6.45, 7) is 2.45. The summed E-state index contributed by atoms with van der Waals surface area (Å²) in [6.07, 6.45) is 0. The van der Waals surface area contributed by atoms with Crippen LogP contribution in [-0.4, -0.2) is 35.6 Å². The topological polar surface area (TPSA) is 40.5 Å². The minimum Gasteiger partial charge on any atom is -0.395 e. The van der Waals surface area contributed by atoms with E-state index in [0.29, 0.717) is 11.0 Å².